The first-order chi connectivity index (χ1) is 12.7. The fourth-order valence-electron chi connectivity index (χ4n) is 2.55. The predicted octanol–water partition coefficient (Wildman–Crippen LogP) is 3.84. The SMILES string of the molecule is CNc1cn2c(-c3ccc(CC#N)cc3F)cccc2n1.O=CC1CC1. The Balaban J connectivity index is 0.000000339. The highest BCUT2D eigenvalue weighted by Crippen LogP contribution is 2.26. The second-order valence-electron chi connectivity index (χ2n) is 6.14. The van der Waals surface area contributed by atoms with Gasteiger partial charge in [0.2, 0.25) is 0 Å². The fourth-order valence-corrected chi connectivity index (χ4v) is 2.55. The van der Waals surface area contributed by atoms with Crippen LogP contribution >= 0.6 is 0 Å². The quantitative estimate of drug-likeness (QED) is 0.726. The Bertz CT molecular complexity index is 970. The van der Waals surface area contributed by atoms with Crippen molar-refractivity contribution in [2.45, 2.75) is 19.3 Å². The van der Waals surface area contributed by atoms with Gasteiger partial charge in [0, 0.05) is 18.5 Å². The highest BCUT2D eigenvalue weighted by atomic mass is 19.1. The molecule has 0 unspecified atom stereocenters. The number of halogens is 1. The van der Waals surface area contributed by atoms with Crippen LogP contribution in [-0.4, -0.2) is 22.7 Å². The van der Waals surface area contributed by atoms with E-state index in [1.165, 1.54) is 6.07 Å². The summed E-state index contributed by atoms with van der Waals surface area (Å²) in [6, 6.07) is 12.5. The summed E-state index contributed by atoms with van der Waals surface area (Å²) >= 11 is 0. The number of anilines is 1. The summed E-state index contributed by atoms with van der Waals surface area (Å²) in [7, 11) is 1.79. The van der Waals surface area contributed by atoms with Crippen LogP contribution in [0.15, 0.2) is 42.6 Å². The van der Waals surface area contributed by atoms with Gasteiger partial charge in [-0.3, -0.25) is 4.40 Å². The summed E-state index contributed by atoms with van der Waals surface area (Å²) in [6.45, 7) is 0. The van der Waals surface area contributed by atoms with Crippen molar-refractivity contribution in [2.24, 2.45) is 5.92 Å². The molecule has 0 saturated heterocycles. The third-order valence-electron chi connectivity index (χ3n) is 4.16. The van der Waals surface area contributed by atoms with Crippen LogP contribution in [0.4, 0.5) is 10.2 Å². The molecule has 132 valence electrons. The molecule has 1 aliphatic carbocycles. The van der Waals surface area contributed by atoms with Gasteiger partial charge in [0.05, 0.1) is 24.4 Å². The number of nitriles is 1. The largest absolute Gasteiger partial charge is 0.372 e. The van der Waals surface area contributed by atoms with Gasteiger partial charge in [-0.2, -0.15) is 5.26 Å². The smallest absolute Gasteiger partial charge is 0.145 e. The van der Waals surface area contributed by atoms with Crippen molar-refractivity contribution in [2.75, 3.05) is 12.4 Å². The van der Waals surface area contributed by atoms with Crippen molar-refractivity contribution in [3.8, 4) is 17.3 Å². The third-order valence-corrected chi connectivity index (χ3v) is 4.16. The van der Waals surface area contributed by atoms with E-state index < -0.39 is 0 Å². The summed E-state index contributed by atoms with van der Waals surface area (Å²) in [4.78, 5) is 13.9. The molecule has 2 aromatic heterocycles. The number of aldehydes is 1. The van der Waals surface area contributed by atoms with E-state index >= 15 is 0 Å². The highest BCUT2D eigenvalue weighted by Gasteiger charge is 2.19. The maximum Gasteiger partial charge on any atom is 0.145 e. The number of benzene rings is 1. The van der Waals surface area contributed by atoms with E-state index in [4.69, 9.17) is 5.26 Å². The normalized spacial score (nSPS) is 12.8. The average molecular weight is 350 g/mol. The predicted molar refractivity (Wildman–Crippen MR) is 98.2 cm³/mol. The molecule has 0 amide bonds. The van der Waals surface area contributed by atoms with E-state index in [1.54, 1.807) is 19.2 Å². The molecule has 2 heterocycles. The second kappa shape index (κ2) is 7.79. The van der Waals surface area contributed by atoms with Crippen molar-refractivity contribution in [3.63, 3.8) is 0 Å². The van der Waals surface area contributed by atoms with Gasteiger partial charge in [-0.25, -0.2) is 9.37 Å². The molecule has 0 aliphatic heterocycles. The molecule has 0 radical (unpaired) electrons. The summed E-state index contributed by atoms with van der Waals surface area (Å²) in [6.07, 6.45) is 5.34. The van der Waals surface area contributed by atoms with Gasteiger partial charge in [-0.15, -0.1) is 0 Å². The van der Waals surface area contributed by atoms with Crippen LogP contribution in [0.25, 0.3) is 16.9 Å². The summed E-state index contributed by atoms with van der Waals surface area (Å²) in [5, 5.41) is 11.7. The Labute approximate surface area is 151 Å². The molecule has 0 bridgehead atoms. The van der Waals surface area contributed by atoms with E-state index in [0.29, 0.717) is 17.0 Å². The fraction of sp³-hybridized carbons (Fsp3) is 0.250. The van der Waals surface area contributed by atoms with Gasteiger partial charge in [0.1, 0.15) is 23.6 Å². The van der Waals surface area contributed by atoms with Gasteiger partial charge in [-0.1, -0.05) is 12.1 Å². The molecule has 4 rings (SSSR count). The Kier molecular flexibility index (Phi) is 5.28. The number of carbonyl (C=O) groups excluding carboxylic acids is 1. The first kappa shape index (κ1) is 17.6. The van der Waals surface area contributed by atoms with Crippen molar-refractivity contribution in [1.82, 2.24) is 9.38 Å². The van der Waals surface area contributed by atoms with Gasteiger partial charge in [0.25, 0.3) is 0 Å². The zero-order chi connectivity index (χ0) is 18.5. The number of imidazole rings is 1. The van der Waals surface area contributed by atoms with Crippen LogP contribution in [0.2, 0.25) is 0 Å². The van der Waals surface area contributed by atoms with Gasteiger partial charge < -0.3 is 10.1 Å². The summed E-state index contributed by atoms with van der Waals surface area (Å²) in [5.41, 5.74) is 2.63. The minimum Gasteiger partial charge on any atom is -0.372 e. The summed E-state index contributed by atoms with van der Waals surface area (Å²) < 4.78 is 16.2. The minimum absolute atomic E-state index is 0.205. The maximum absolute atomic E-state index is 14.3. The molecule has 0 spiro atoms. The van der Waals surface area contributed by atoms with Crippen molar-refractivity contribution in [3.05, 3.63) is 54.0 Å². The number of nitrogens with one attached hydrogen (secondary N) is 1. The number of rotatable bonds is 4. The number of carbonyl (C=O) groups is 1. The Morgan fingerprint density at radius 3 is 2.77 bits per heavy atom. The molecule has 1 aliphatic rings. The molecular weight excluding hydrogens is 331 g/mol. The Hall–Kier alpha value is -3.20. The lowest BCUT2D eigenvalue weighted by Crippen LogP contribution is -1.94. The van der Waals surface area contributed by atoms with E-state index in [-0.39, 0.29) is 12.2 Å². The monoisotopic (exact) mass is 350 g/mol. The molecule has 5 nitrogen and oxygen atoms in total. The van der Waals surface area contributed by atoms with E-state index in [2.05, 4.69) is 10.3 Å². The molecule has 6 heteroatoms. The van der Waals surface area contributed by atoms with E-state index in [1.807, 2.05) is 34.9 Å². The van der Waals surface area contributed by atoms with Crippen molar-refractivity contribution in [1.29, 1.82) is 5.26 Å². The lowest BCUT2D eigenvalue weighted by atomic mass is 10.1. The van der Waals surface area contributed by atoms with Crippen LogP contribution in [0, 0.1) is 23.1 Å². The lowest BCUT2D eigenvalue weighted by molar-refractivity contribution is -0.108. The number of pyridine rings is 1. The number of aromatic nitrogens is 2. The molecule has 1 N–H and O–H groups in total. The first-order valence-electron chi connectivity index (χ1n) is 8.43. The number of hydrogen-bond acceptors (Lipinski definition) is 4. The molecule has 1 aromatic carbocycles. The number of nitrogens with zero attached hydrogens (tertiary/aromatic N) is 3. The van der Waals surface area contributed by atoms with Gasteiger partial charge >= 0.3 is 0 Å². The molecular formula is C20H19FN4O. The third kappa shape index (κ3) is 3.89. The standard InChI is InChI=1S/C16H13FN4.C4H6O/c1-19-15-10-21-14(3-2-4-16(21)20-15)12-6-5-11(7-8-18)9-13(12)17;5-3-4-1-2-4/h2-6,9-10,19H,7H2,1H3;3-4H,1-2H2. The van der Waals surface area contributed by atoms with Crippen LogP contribution in [0.3, 0.4) is 0 Å². The molecule has 26 heavy (non-hydrogen) atoms. The molecule has 1 saturated carbocycles. The van der Waals surface area contributed by atoms with Crippen LogP contribution in [0.1, 0.15) is 18.4 Å². The van der Waals surface area contributed by atoms with Crippen LogP contribution < -0.4 is 5.32 Å². The number of fused-ring (bicyclic) bond motifs is 1. The van der Waals surface area contributed by atoms with Gasteiger partial charge in [0.15, 0.2) is 0 Å². The zero-order valence-electron chi connectivity index (χ0n) is 14.4. The van der Waals surface area contributed by atoms with Crippen LogP contribution in [0.5, 0.6) is 0 Å². The molecule has 3 aromatic rings. The zero-order valence-corrected chi connectivity index (χ0v) is 14.4. The lowest BCUT2D eigenvalue weighted by Gasteiger charge is -2.07. The van der Waals surface area contributed by atoms with Crippen molar-refractivity contribution < 1.29 is 9.18 Å². The van der Waals surface area contributed by atoms with Crippen molar-refractivity contribution >= 4 is 17.8 Å². The van der Waals surface area contributed by atoms with Gasteiger partial charge in [-0.05, 0) is 42.7 Å². The topological polar surface area (TPSA) is 70.2 Å². The summed E-state index contributed by atoms with van der Waals surface area (Å²) in [5.74, 6) is 0.842. The minimum atomic E-state index is -0.338. The van der Waals surface area contributed by atoms with Crippen LogP contribution in [-0.2, 0) is 11.2 Å². The maximum atomic E-state index is 14.3. The highest BCUT2D eigenvalue weighted by molar-refractivity contribution is 5.66. The molecule has 0 atom stereocenters. The molecule has 1 fully saturated rings. The number of hydrogen-bond donors (Lipinski definition) is 1. The van der Waals surface area contributed by atoms with E-state index in [9.17, 15) is 9.18 Å². The second-order valence-corrected chi connectivity index (χ2v) is 6.14. The first-order valence-corrected chi connectivity index (χ1v) is 8.43. The van der Waals surface area contributed by atoms with E-state index in [0.717, 1.165) is 36.3 Å². The average Bonchev–Trinajstić information content (AvgIpc) is 3.40. The Morgan fingerprint density at radius 1 is 1.38 bits per heavy atom. The Morgan fingerprint density at radius 2 is 2.19 bits per heavy atom.